The summed E-state index contributed by atoms with van der Waals surface area (Å²) in [6, 6.07) is 1.83. The zero-order valence-electron chi connectivity index (χ0n) is 9.17. The van der Waals surface area contributed by atoms with Gasteiger partial charge in [-0.3, -0.25) is 0 Å². The number of rotatable bonds is 4. The number of thioether (sulfide) groups is 1. The highest BCUT2D eigenvalue weighted by Crippen LogP contribution is 2.10. The van der Waals surface area contributed by atoms with E-state index in [1.165, 1.54) is 0 Å². The van der Waals surface area contributed by atoms with E-state index in [1.54, 1.807) is 24.2 Å². The van der Waals surface area contributed by atoms with Gasteiger partial charge in [-0.2, -0.15) is 0 Å². The summed E-state index contributed by atoms with van der Waals surface area (Å²) >= 11 is 1.66. The number of nitrogens with one attached hydrogen (secondary N) is 1. The Morgan fingerprint density at radius 3 is 2.81 bits per heavy atom. The van der Waals surface area contributed by atoms with Gasteiger partial charge in [-0.05, 0) is 12.3 Å². The second-order valence-corrected chi connectivity index (χ2v) is 4.50. The van der Waals surface area contributed by atoms with Crippen LogP contribution in [0, 0.1) is 0 Å². The highest BCUT2D eigenvalue weighted by molar-refractivity contribution is 7.99. The lowest BCUT2D eigenvalue weighted by molar-refractivity contribution is 0.324. The van der Waals surface area contributed by atoms with Gasteiger partial charge in [0.1, 0.15) is 0 Å². The van der Waals surface area contributed by atoms with Gasteiger partial charge in [0.15, 0.2) is 5.16 Å². The molecule has 0 saturated carbocycles. The van der Waals surface area contributed by atoms with E-state index in [-0.39, 0.29) is 0 Å². The van der Waals surface area contributed by atoms with Gasteiger partial charge in [-0.1, -0.05) is 17.8 Å². The van der Waals surface area contributed by atoms with Crippen LogP contribution in [0.2, 0.25) is 0 Å². The predicted octanol–water partition coefficient (Wildman–Crippen LogP) is 0.988. The van der Waals surface area contributed by atoms with Crippen LogP contribution in [0.3, 0.4) is 0 Å². The molecular weight excluding hydrogens is 220 g/mol. The normalized spacial score (nSPS) is 16.9. The van der Waals surface area contributed by atoms with Crippen LogP contribution in [0.1, 0.15) is 0 Å². The van der Waals surface area contributed by atoms with Gasteiger partial charge in [-0.25, -0.2) is 9.97 Å². The maximum Gasteiger partial charge on any atom is 0.187 e. The van der Waals surface area contributed by atoms with Crippen LogP contribution in [0.5, 0.6) is 0 Å². The summed E-state index contributed by atoms with van der Waals surface area (Å²) in [5, 5.41) is 4.17. The highest BCUT2D eigenvalue weighted by Gasteiger charge is 2.03. The molecule has 0 aromatic carbocycles. The standard InChI is InChI=1S/C11H16N4S/c1-3-13-11(14-4-1)16-10-2-7-15-8-5-12-6-9-15/h1-4,7,12H,5-6,8-10H2. The number of piperazine rings is 1. The summed E-state index contributed by atoms with van der Waals surface area (Å²) in [4.78, 5) is 10.7. The van der Waals surface area contributed by atoms with E-state index in [4.69, 9.17) is 0 Å². The molecule has 0 atom stereocenters. The Bertz CT molecular complexity index is 322. The SMILES string of the molecule is C(=CN1CCNCC1)CSc1ncccn1. The molecule has 86 valence electrons. The number of hydrogen-bond donors (Lipinski definition) is 1. The van der Waals surface area contributed by atoms with Gasteiger partial charge < -0.3 is 10.2 Å². The minimum atomic E-state index is 0.840. The van der Waals surface area contributed by atoms with Crippen LogP contribution in [-0.2, 0) is 0 Å². The minimum Gasteiger partial charge on any atom is -0.375 e. The second kappa shape index (κ2) is 6.50. The molecule has 5 heteroatoms. The van der Waals surface area contributed by atoms with E-state index >= 15 is 0 Å². The fourth-order valence-electron chi connectivity index (χ4n) is 1.51. The van der Waals surface area contributed by atoms with Crippen LogP contribution in [-0.4, -0.2) is 46.8 Å². The van der Waals surface area contributed by atoms with Crippen molar-refractivity contribution in [2.24, 2.45) is 0 Å². The summed E-state index contributed by atoms with van der Waals surface area (Å²) in [6.07, 6.45) is 7.90. The second-order valence-electron chi connectivity index (χ2n) is 3.51. The molecule has 2 rings (SSSR count). The first kappa shape index (κ1) is 11.4. The third-order valence-corrected chi connectivity index (χ3v) is 3.15. The lowest BCUT2D eigenvalue weighted by Gasteiger charge is -2.25. The smallest absolute Gasteiger partial charge is 0.187 e. The van der Waals surface area contributed by atoms with Crippen molar-refractivity contribution in [2.75, 3.05) is 31.9 Å². The Balaban J connectivity index is 1.69. The monoisotopic (exact) mass is 236 g/mol. The lowest BCUT2D eigenvalue weighted by atomic mass is 10.4. The van der Waals surface area contributed by atoms with Crippen LogP contribution in [0.4, 0.5) is 0 Å². The Morgan fingerprint density at radius 2 is 2.06 bits per heavy atom. The molecule has 1 aromatic rings. The molecule has 2 heterocycles. The molecule has 1 aromatic heterocycles. The van der Waals surface area contributed by atoms with Crippen molar-refractivity contribution in [3.8, 4) is 0 Å². The first-order valence-electron chi connectivity index (χ1n) is 5.46. The average molecular weight is 236 g/mol. The first-order chi connectivity index (χ1) is 7.95. The van der Waals surface area contributed by atoms with E-state index < -0.39 is 0 Å². The maximum absolute atomic E-state index is 4.16. The first-order valence-corrected chi connectivity index (χ1v) is 6.45. The largest absolute Gasteiger partial charge is 0.375 e. The van der Waals surface area contributed by atoms with Crippen LogP contribution < -0.4 is 5.32 Å². The zero-order chi connectivity index (χ0) is 11.1. The summed E-state index contributed by atoms with van der Waals surface area (Å²) in [7, 11) is 0. The fraction of sp³-hybridized carbons (Fsp3) is 0.455. The maximum atomic E-state index is 4.16. The van der Waals surface area contributed by atoms with Crippen LogP contribution >= 0.6 is 11.8 Å². The van der Waals surface area contributed by atoms with E-state index in [0.29, 0.717) is 0 Å². The number of hydrogen-bond acceptors (Lipinski definition) is 5. The van der Waals surface area contributed by atoms with Gasteiger partial charge >= 0.3 is 0 Å². The van der Waals surface area contributed by atoms with Crippen molar-refractivity contribution < 1.29 is 0 Å². The molecule has 1 fully saturated rings. The van der Waals surface area contributed by atoms with E-state index in [1.807, 2.05) is 6.07 Å². The number of aromatic nitrogens is 2. The third-order valence-electron chi connectivity index (χ3n) is 2.32. The Hall–Kier alpha value is -1.07. The zero-order valence-corrected chi connectivity index (χ0v) is 9.99. The van der Waals surface area contributed by atoms with Crippen molar-refractivity contribution in [2.45, 2.75) is 5.16 Å². The molecule has 4 nitrogen and oxygen atoms in total. The quantitative estimate of drug-likeness (QED) is 0.623. The Labute approximate surface area is 100 Å². The summed E-state index contributed by atoms with van der Waals surface area (Å²) in [6.45, 7) is 4.37. The molecule has 0 spiro atoms. The Morgan fingerprint density at radius 1 is 1.31 bits per heavy atom. The fourth-order valence-corrected chi connectivity index (χ4v) is 2.11. The molecule has 0 unspecified atom stereocenters. The van der Waals surface area contributed by atoms with Crippen molar-refractivity contribution in [3.63, 3.8) is 0 Å². The Kier molecular flexibility index (Phi) is 4.64. The summed E-state index contributed by atoms with van der Waals surface area (Å²) in [5.74, 6) is 0.925. The third kappa shape index (κ3) is 3.83. The van der Waals surface area contributed by atoms with Crippen LogP contribution in [0.25, 0.3) is 0 Å². The lowest BCUT2D eigenvalue weighted by Crippen LogP contribution is -2.40. The highest BCUT2D eigenvalue weighted by atomic mass is 32.2. The molecule has 1 N–H and O–H groups in total. The molecule has 1 aliphatic rings. The number of nitrogens with zero attached hydrogens (tertiary/aromatic N) is 3. The van der Waals surface area contributed by atoms with Gasteiger partial charge in [0.2, 0.25) is 0 Å². The van der Waals surface area contributed by atoms with Crippen molar-refractivity contribution in [1.29, 1.82) is 0 Å². The molecule has 0 bridgehead atoms. The van der Waals surface area contributed by atoms with E-state index in [0.717, 1.165) is 37.1 Å². The van der Waals surface area contributed by atoms with E-state index in [2.05, 4.69) is 32.5 Å². The average Bonchev–Trinajstić information content (AvgIpc) is 2.37. The van der Waals surface area contributed by atoms with E-state index in [9.17, 15) is 0 Å². The van der Waals surface area contributed by atoms with Gasteiger partial charge in [-0.15, -0.1) is 0 Å². The summed E-state index contributed by atoms with van der Waals surface area (Å²) in [5.41, 5.74) is 0. The molecule has 0 aliphatic carbocycles. The topological polar surface area (TPSA) is 41.0 Å². The van der Waals surface area contributed by atoms with Gasteiger partial charge in [0.25, 0.3) is 0 Å². The molecule has 0 radical (unpaired) electrons. The molecule has 0 amide bonds. The minimum absolute atomic E-state index is 0.840. The predicted molar refractivity (Wildman–Crippen MR) is 66.3 cm³/mol. The van der Waals surface area contributed by atoms with Crippen molar-refractivity contribution in [1.82, 2.24) is 20.2 Å². The molecule has 1 aliphatic heterocycles. The van der Waals surface area contributed by atoms with Crippen LogP contribution in [0.15, 0.2) is 35.9 Å². The molecule has 16 heavy (non-hydrogen) atoms. The summed E-state index contributed by atoms with van der Waals surface area (Å²) < 4.78 is 0. The van der Waals surface area contributed by atoms with Gasteiger partial charge in [0, 0.05) is 44.3 Å². The van der Waals surface area contributed by atoms with Crippen molar-refractivity contribution >= 4 is 11.8 Å². The molecule has 1 saturated heterocycles. The molecular formula is C11H16N4S. The van der Waals surface area contributed by atoms with Gasteiger partial charge in [0.05, 0.1) is 0 Å². The van der Waals surface area contributed by atoms with Crippen molar-refractivity contribution in [3.05, 3.63) is 30.7 Å².